The summed E-state index contributed by atoms with van der Waals surface area (Å²) in [7, 11) is 0. The standard InChI is InChI=1S/C20H28FN5/c1-16-13-24(9-10-25(16)20-8-7-17(21)11-23-20)14-19-12-22-15-26(19)18-5-3-2-4-6-18/h7-8,11-12,15-16,18H,2-6,9-10,13-14H2,1H3. The monoisotopic (exact) mass is 357 g/mol. The molecule has 3 heterocycles. The molecule has 140 valence electrons. The Kier molecular flexibility index (Phi) is 5.20. The van der Waals surface area contributed by atoms with E-state index in [0.29, 0.717) is 12.1 Å². The average Bonchev–Trinajstić information content (AvgIpc) is 3.12. The van der Waals surface area contributed by atoms with Crippen LogP contribution < -0.4 is 4.90 Å². The number of hydrogen-bond acceptors (Lipinski definition) is 4. The number of pyridine rings is 1. The zero-order valence-electron chi connectivity index (χ0n) is 15.5. The van der Waals surface area contributed by atoms with Crippen molar-refractivity contribution in [3.63, 3.8) is 0 Å². The number of halogens is 1. The maximum absolute atomic E-state index is 13.1. The zero-order chi connectivity index (χ0) is 17.9. The van der Waals surface area contributed by atoms with E-state index in [4.69, 9.17) is 0 Å². The molecule has 0 spiro atoms. The van der Waals surface area contributed by atoms with Gasteiger partial charge in [0.25, 0.3) is 0 Å². The van der Waals surface area contributed by atoms with Gasteiger partial charge in [0.1, 0.15) is 11.6 Å². The summed E-state index contributed by atoms with van der Waals surface area (Å²) in [6.45, 7) is 6.05. The minimum Gasteiger partial charge on any atom is -0.351 e. The number of imidazole rings is 1. The van der Waals surface area contributed by atoms with Crippen LogP contribution in [0.4, 0.5) is 10.2 Å². The van der Waals surface area contributed by atoms with Crippen molar-refractivity contribution in [1.82, 2.24) is 19.4 Å². The highest BCUT2D eigenvalue weighted by molar-refractivity contribution is 5.40. The van der Waals surface area contributed by atoms with Crippen LogP contribution in [0.3, 0.4) is 0 Å². The van der Waals surface area contributed by atoms with E-state index >= 15 is 0 Å². The van der Waals surface area contributed by atoms with Gasteiger partial charge in [-0.05, 0) is 31.9 Å². The normalized spacial score (nSPS) is 22.7. The number of rotatable bonds is 4. The Morgan fingerprint density at radius 2 is 1.96 bits per heavy atom. The van der Waals surface area contributed by atoms with Gasteiger partial charge in [-0.3, -0.25) is 4.90 Å². The molecule has 0 amide bonds. The van der Waals surface area contributed by atoms with Gasteiger partial charge in [0.2, 0.25) is 0 Å². The van der Waals surface area contributed by atoms with E-state index in [1.165, 1.54) is 50.1 Å². The molecule has 1 atom stereocenters. The van der Waals surface area contributed by atoms with Crippen LogP contribution in [0.5, 0.6) is 0 Å². The molecule has 26 heavy (non-hydrogen) atoms. The van der Waals surface area contributed by atoms with Crippen LogP contribution in [0.15, 0.2) is 30.9 Å². The Hall–Kier alpha value is -1.95. The molecule has 4 rings (SSSR count). The van der Waals surface area contributed by atoms with E-state index in [9.17, 15) is 4.39 Å². The number of anilines is 1. The number of piperazine rings is 1. The van der Waals surface area contributed by atoms with E-state index in [-0.39, 0.29) is 5.82 Å². The Balaban J connectivity index is 1.39. The molecule has 1 aliphatic heterocycles. The first-order chi connectivity index (χ1) is 12.7. The van der Waals surface area contributed by atoms with Crippen LogP contribution in [0.25, 0.3) is 0 Å². The highest BCUT2D eigenvalue weighted by Gasteiger charge is 2.26. The van der Waals surface area contributed by atoms with E-state index in [1.54, 1.807) is 6.07 Å². The van der Waals surface area contributed by atoms with Gasteiger partial charge in [0.15, 0.2) is 0 Å². The Bertz CT molecular complexity index is 707. The van der Waals surface area contributed by atoms with Gasteiger partial charge in [-0.25, -0.2) is 14.4 Å². The SMILES string of the molecule is CC1CN(Cc2cncn2C2CCCCC2)CCN1c1ccc(F)cn1. The molecule has 2 aromatic rings. The minimum atomic E-state index is -0.281. The lowest BCUT2D eigenvalue weighted by molar-refractivity contribution is 0.211. The predicted octanol–water partition coefficient (Wildman–Crippen LogP) is 3.63. The van der Waals surface area contributed by atoms with E-state index < -0.39 is 0 Å². The largest absolute Gasteiger partial charge is 0.351 e. The molecule has 5 nitrogen and oxygen atoms in total. The molecule has 0 N–H and O–H groups in total. The third kappa shape index (κ3) is 3.75. The summed E-state index contributed by atoms with van der Waals surface area (Å²) < 4.78 is 15.5. The molecule has 1 aliphatic carbocycles. The van der Waals surface area contributed by atoms with Crippen molar-refractivity contribution >= 4 is 5.82 Å². The van der Waals surface area contributed by atoms with Gasteiger partial charge in [-0.15, -0.1) is 0 Å². The van der Waals surface area contributed by atoms with Crippen molar-refractivity contribution in [1.29, 1.82) is 0 Å². The second kappa shape index (κ2) is 7.74. The zero-order valence-corrected chi connectivity index (χ0v) is 15.5. The molecule has 0 radical (unpaired) electrons. The average molecular weight is 357 g/mol. The molecule has 1 saturated heterocycles. The number of aromatic nitrogens is 3. The molecule has 2 aromatic heterocycles. The predicted molar refractivity (Wildman–Crippen MR) is 101 cm³/mol. The quantitative estimate of drug-likeness (QED) is 0.837. The summed E-state index contributed by atoms with van der Waals surface area (Å²) in [6, 6.07) is 4.25. The highest BCUT2D eigenvalue weighted by atomic mass is 19.1. The van der Waals surface area contributed by atoms with Gasteiger partial charge in [-0.2, -0.15) is 0 Å². The first-order valence-corrected chi connectivity index (χ1v) is 9.82. The molecular formula is C20H28FN5. The molecule has 6 heteroatoms. The fourth-order valence-corrected chi connectivity index (χ4v) is 4.43. The van der Waals surface area contributed by atoms with Crippen LogP contribution >= 0.6 is 0 Å². The molecule has 1 unspecified atom stereocenters. The Labute approximate surface area is 154 Å². The van der Waals surface area contributed by atoms with Crippen LogP contribution in [-0.4, -0.2) is 45.1 Å². The maximum Gasteiger partial charge on any atom is 0.141 e. The third-order valence-corrected chi connectivity index (χ3v) is 5.82. The number of hydrogen-bond donors (Lipinski definition) is 0. The first-order valence-electron chi connectivity index (χ1n) is 9.82. The van der Waals surface area contributed by atoms with Gasteiger partial charge in [0, 0.05) is 44.5 Å². The minimum absolute atomic E-state index is 0.281. The fraction of sp³-hybridized carbons (Fsp3) is 0.600. The van der Waals surface area contributed by atoms with Crippen molar-refractivity contribution in [2.24, 2.45) is 0 Å². The summed E-state index contributed by atoms with van der Waals surface area (Å²) in [5.74, 6) is 0.585. The molecule has 0 bridgehead atoms. The van der Waals surface area contributed by atoms with Crippen molar-refractivity contribution in [3.8, 4) is 0 Å². The van der Waals surface area contributed by atoms with Gasteiger partial charge >= 0.3 is 0 Å². The smallest absolute Gasteiger partial charge is 0.141 e. The Morgan fingerprint density at radius 3 is 2.69 bits per heavy atom. The van der Waals surface area contributed by atoms with Crippen molar-refractivity contribution in [3.05, 3.63) is 42.4 Å². The van der Waals surface area contributed by atoms with E-state index in [2.05, 4.69) is 31.3 Å². The lowest BCUT2D eigenvalue weighted by Crippen LogP contribution is -2.52. The second-order valence-electron chi connectivity index (χ2n) is 7.70. The highest BCUT2D eigenvalue weighted by Crippen LogP contribution is 2.29. The Morgan fingerprint density at radius 1 is 1.12 bits per heavy atom. The van der Waals surface area contributed by atoms with Crippen LogP contribution in [-0.2, 0) is 6.54 Å². The summed E-state index contributed by atoms with van der Waals surface area (Å²) in [4.78, 5) is 13.5. The summed E-state index contributed by atoms with van der Waals surface area (Å²) in [6.07, 6.45) is 12.0. The first kappa shape index (κ1) is 17.5. The maximum atomic E-state index is 13.1. The third-order valence-electron chi connectivity index (χ3n) is 5.82. The van der Waals surface area contributed by atoms with Gasteiger partial charge < -0.3 is 9.47 Å². The molecule has 0 aromatic carbocycles. The lowest BCUT2D eigenvalue weighted by Gasteiger charge is -2.40. The van der Waals surface area contributed by atoms with Crippen molar-refractivity contribution < 1.29 is 4.39 Å². The van der Waals surface area contributed by atoms with Crippen molar-refractivity contribution in [2.75, 3.05) is 24.5 Å². The molecule has 2 aliphatic rings. The molecule has 1 saturated carbocycles. The van der Waals surface area contributed by atoms with Gasteiger partial charge in [-0.1, -0.05) is 19.3 Å². The van der Waals surface area contributed by atoms with Crippen LogP contribution in [0.2, 0.25) is 0 Å². The van der Waals surface area contributed by atoms with Crippen LogP contribution in [0, 0.1) is 5.82 Å². The molecule has 2 fully saturated rings. The number of nitrogens with zero attached hydrogens (tertiary/aromatic N) is 5. The van der Waals surface area contributed by atoms with Crippen molar-refractivity contribution in [2.45, 2.75) is 57.7 Å². The molecular weight excluding hydrogens is 329 g/mol. The van der Waals surface area contributed by atoms with Crippen LogP contribution in [0.1, 0.15) is 50.8 Å². The summed E-state index contributed by atoms with van der Waals surface area (Å²) in [5.41, 5.74) is 1.33. The van der Waals surface area contributed by atoms with Gasteiger partial charge in [0.05, 0.1) is 18.2 Å². The fourth-order valence-electron chi connectivity index (χ4n) is 4.43. The summed E-state index contributed by atoms with van der Waals surface area (Å²) in [5, 5.41) is 0. The lowest BCUT2D eigenvalue weighted by atomic mass is 9.95. The summed E-state index contributed by atoms with van der Waals surface area (Å²) >= 11 is 0. The van der Waals surface area contributed by atoms with E-state index in [1.807, 2.05) is 12.5 Å². The second-order valence-corrected chi connectivity index (χ2v) is 7.70. The topological polar surface area (TPSA) is 37.2 Å². The van der Waals surface area contributed by atoms with E-state index in [0.717, 1.165) is 32.0 Å².